The highest BCUT2D eigenvalue weighted by Gasteiger charge is 2.43. The van der Waals surface area contributed by atoms with E-state index in [1.165, 1.54) is 12.4 Å². The summed E-state index contributed by atoms with van der Waals surface area (Å²) in [7, 11) is 0. The summed E-state index contributed by atoms with van der Waals surface area (Å²) in [5, 5.41) is 28.5. The molecule has 0 spiro atoms. The first-order valence-corrected chi connectivity index (χ1v) is 5.87. The fourth-order valence-electron chi connectivity index (χ4n) is 1.90. The first-order valence-electron chi connectivity index (χ1n) is 5.46. The zero-order valence-electron chi connectivity index (χ0n) is 9.71. The molecule has 8 nitrogen and oxygen atoms in total. The molecule has 1 aromatic rings. The summed E-state index contributed by atoms with van der Waals surface area (Å²) < 4.78 is 6.27. The highest BCUT2D eigenvalue weighted by atomic mass is 32.1. The average molecular weight is 287 g/mol. The molecule has 4 atom stereocenters. The van der Waals surface area contributed by atoms with E-state index in [9.17, 15) is 15.0 Å². The molecule has 0 aliphatic carbocycles. The summed E-state index contributed by atoms with van der Waals surface area (Å²) in [4.78, 5) is 15.6. The quantitative estimate of drug-likeness (QED) is 0.448. The van der Waals surface area contributed by atoms with Crippen molar-refractivity contribution in [3.05, 3.63) is 28.4 Å². The Kier molecular flexibility index (Phi) is 3.92. The van der Waals surface area contributed by atoms with Crippen LogP contribution in [0.3, 0.4) is 0 Å². The van der Waals surface area contributed by atoms with Crippen molar-refractivity contribution in [1.29, 1.82) is 0 Å². The SMILES string of the molecule is NC(=S)c1nccn([C@@H]2O[C@H](CO)C(O)C2O)c1=O. The number of hydrogen-bond donors (Lipinski definition) is 4. The molecule has 0 bridgehead atoms. The Labute approximate surface area is 113 Å². The third-order valence-electron chi connectivity index (χ3n) is 2.89. The van der Waals surface area contributed by atoms with E-state index in [4.69, 9.17) is 27.8 Å². The molecule has 19 heavy (non-hydrogen) atoms. The van der Waals surface area contributed by atoms with Gasteiger partial charge < -0.3 is 25.8 Å². The van der Waals surface area contributed by atoms with Crippen LogP contribution in [0.15, 0.2) is 17.2 Å². The molecule has 9 heteroatoms. The lowest BCUT2D eigenvalue weighted by Gasteiger charge is -2.17. The number of nitrogens with two attached hydrogens (primary N) is 1. The molecule has 1 fully saturated rings. The monoisotopic (exact) mass is 287 g/mol. The van der Waals surface area contributed by atoms with E-state index >= 15 is 0 Å². The molecule has 0 amide bonds. The second-order valence-electron chi connectivity index (χ2n) is 4.08. The van der Waals surface area contributed by atoms with Crippen molar-refractivity contribution in [2.75, 3.05) is 6.61 Å². The van der Waals surface area contributed by atoms with Crippen LogP contribution in [-0.2, 0) is 4.74 Å². The Morgan fingerprint density at radius 1 is 1.53 bits per heavy atom. The molecule has 0 aromatic carbocycles. The van der Waals surface area contributed by atoms with Crippen molar-refractivity contribution >= 4 is 17.2 Å². The van der Waals surface area contributed by atoms with Gasteiger partial charge in [-0.25, -0.2) is 4.98 Å². The van der Waals surface area contributed by atoms with E-state index in [0.717, 1.165) is 4.57 Å². The summed E-state index contributed by atoms with van der Waals surface area (Å²) in [5.74, 6) is 0. The zero-order chi connectivity index (χ0) is 14.2. The fourth-order valence-corrected chi connectivity index (χ4v) is 2.04. The predicted octanol–water partition coefficient (Wildman–Crippen LogP) is -2.51. The fraction of sp³-hybridized carbons (Fsp3) is 0.500. The normalized spacial score (nSPS) is 30.5. The zero-order valence-corrected chi connectivity index (χ0v) is 10.5. The molecular formula is C10H13N3O5S. The lowest BCUT2D eigenvalue weighted by molar-refractivity contribution is -0.0545. The standard InChI is InChI=1S/C10H13N3O5S/c11-8(19)5-9(17)13(2-1-12-5)10-7(16)6(15)4(3-14)18-10/h1-2,4,6-7,10,14-16H,3H2,(H2,11,19)/t4-,6?,7?,10-/m1/s1. The Morgan fingerprint density at radius 3 is 2.74 bits per heavy atom. The van der Waals surface area contributed by atoms with Gasteiger partial charge in [-0.1, -0.05) is 12.2 Å². The van der Waals surface area contributed by atoms with E-state index in [-0.39, 0.29) is 10.7 Å². The minimum absolute atomic E-state index is 0.129. The molecule has 0 saturated carbocycles. The predicted molar refractivity (Wildman–Crippen MR) is 67.4 cm³/mol. The van der Waals surface area contributed by atoms with Gasteiger partial charge in [0.1, 0.15) is 23.3 Å². The molecule has 1 saturated heterocycles. The Hall–Kier alpha value is -1.39. The van der Waals surface area contributed by atoms with Crippen LogP contribution in [0, 0.1) is 0 Å². The number of nitrogens with zero attached hydrogens (tertiary/aromatic N) is 2. The van der Waals surface area contributed by atoms with Crippen molar-refractivity contribution in [3.63, 3.8) is 0 Å². The van der Waals surface area contributed by atoms with Gasteiger partial charge in [-0.05, 0) is 0 Å². The molecule has 2 heterocycles. The Bertz CT molecular complexity index is 548. The van der Waals surface area contributed by atoms with Gasteiger partial charge in [0.05, 0.1) is 6.61 Å². The van der Waals surface area contributed by atoms with Gasteiger partial charge in [0, 0.05) is 12.4 Å². The number of thiocarbonyl (C=S) groups is 1. The first kappa shape index (κ1) is 14.0. The number of ether oxygens (including phenoxy) is 1. The van der Waals surface area contributed by atoms with Crippen LogP contribution in [0.5, 0.6) is 0 Å². The lowest BCUT2D eigenvalue weighted by Crippen LogP contribution is -2.37. The first-order chi connectivity index (χ1) is 8.97. The van der Waals surface area contributed by atoms with Crippen LogP contribution in [0.1, 0.15) is 11.9 Å². The molecule has 1 aliphatic rings. The van der Waals surface area contributed by atoms with E-state index < -0.39 is 36.7 Å². The van der Waals surface area contributed by atoms with Crippen LogP contribution in [0.4, 0.5) is 0 Å². The largest absolute Gasteiger partial charge is 0.394 e. The topological polar surface area (TPSA) is 131 Å². The number of aromatic nitrogens is 2. The Balaban J connectivity index is 2.41. The summed E-state index contributed by atoms with van der Waals surface area (Å²) in [6.45, 7) is -0.475. The van der Waals surface area contributed by atoms with Crippen molar-refractivity contribution < 1.29 is 20.1 Å². The van der Waals surface area contributed by atoms with Gasteiger partial charge in [0.15, 0.2) is 11.9 Å². The van der Waals surface area contributed by atoms with E-state index in [0.29, 0.717) is 0 Å². The molecular weight excluding hydrogens is 274 g/mol. The molecule has 104 valence electrons. The van der Waals surface area contributed by atoms with Gasteiger partial charge >= 0.3 is 0 Å². The molecule has 1 aromatic heterocycles. The van der Waals surface area contributed by atoms with Gasteiger partial charge in [0.2, 0.25) is 0 Å². The third-order valence-corrected chi connectivity index (χ3v) is 3.09. The van der Waals surface area contributed by atoms with Crippen LogP contribution in [0.2, 0.25) is 0 Å². The maximum absolute atomic E-state index is 12.0. The second kappa shape index (κ2) is 5.31. The summed E-state index contributed by atoms with van der Waals surface area (Å²) in [5.41, 5.74) is 4.60. The number of hydrogen-bond acceptors (Lipinski definition) is 7. The van der Waals surface area contributed by atoms with Crippen molar-refractivity contribution in [3.8, 4) is 0 Å². The Morgan fingerprint density at radius 2 is 2.21 bits per heavy atom. The van der Waals surface area contributed by atoms with Crippen LogP contribution in [-0.4, -0.2) is 54.8 Å². The van der Waals surface area contributed by atoms with Crippen molar-refractivity contribution in [2.45, 2.75) is 24.5 Å². The third kappa shape index (κ3) is 2.38. The van der Waals surface area contributed by atoms with Gasteiger partial charge in [-0.2, -0.15) is 0 Å². The van der Waals surface area contributed by atoms with Crippen molar-refractivity contribution in [1.82, 2.24) is 9.55 Å². The van der Waals surface area contributed by atoms with Crippen LogP contribution >= 0.6 is 12.2 Å². The molecule has 2 rings (SSSR count). The minimum Gasteiger partial charge on any atom is -0.394 e. The summed E-state index contributed by atoms with van der Waals surface area (Å²) in [6.07, 6.45) is -2.17. The maximum atomic E-state index is 12.0. The smallest absolute Gasteiger partial charge is 0.281 e. The number of rotatable bonds is 3. The number of aliphatic hydroxyl groups is 3. The highest BCUT2D eigenvalue weighted by molar-refractivity contribution is 7.80. The average Bonchev–Trinajstić information content (AvgIpc) is 2.66. The van der Waals surface area contributed by atoms with E-state index in [1.54, 1.807) is 0 Å². The molecule has 2 unspecified atom stereocenters. The molecule has 0 radical (unpaired) electrons. The van der Waals surface area contributed by atoms with Crippen LogP contribution in [0.25, 0.3) is 0 Å². The van der Waals surface area contributed by atoms with Crippen LogP contribution < -0.4 is 11.3 Å². The van der Waals surface area contributed by atoms with E-state index in [1.807, 2.05) is 0 Å². The van der Waals surface area contributed by atoms with Gasteiger partial charge in [-0.3, -0.25) is 9.36 Å². The van der Waals surface area contributed by atoms with E-state index in [2.05, 4.69) is 4.98 Å². The second-order valence-corrected chi connectivity index (χ2v) is 4.52. The highest BCUT2D eigenvalue weighted by Crippen LogP contribution is 2.27. The molecule has 1 aliphatic heterocycles. The minimum atomic E-state index is -1.35. The summed E-state index contributed by atoms with van der Waals surface area (Å²) in [6, 6.07) is 0. The molecule has 5 N–H and O–H groups in total. The van der Waals surface area contributed by atoms with Gasteiger partial charge in [-0.15, -0.1) is 0 Å². The number of aliphatic hydroxyl groups excluding tert-OH is 3. The van der Waals surface area contributed by atoms with Gasteiger partial charge in [0.25, 0.3) is 5.56 Å². The lowest BCUT2D eigenvalue weighted by atomic mass is 10.1. The van der Waals surface area contributed by atoms with Crippen molar-refractivity contribution in [2.24, 2.45) is 5.73 Å². The summed E-state index contributed by atoms with van der Waals surface area (Å²) >= 11 is 4.69. The maximum Gasteiger partial charge on any atom is 0.281 e.